The molecule has 0 aromatic heterocycles. The molecule has 0 atom stereocenters. The minimum atomic E-state index is -0.709. The van der Waals surface area contributed by atoms with Crippen molar-refractivity contribution < 1.29 is 19.1 Å². The summed E-state index contributed by atoms with van der Waals surface area (Å²) < 4.78 is 10.6. The quantitative estimate of drug-likeness (QED) is 0.368. The van der Waals surface area contributed by atoms with Crippen molar-refractivity contribution in [3.05, 3.63) is 0 Å². The highest BCUT2D eigenvalue weighted by Crippen LogP contribution is 2.31. The van der Waals surface area contributed by atoms with Crippen LogP contribution in [0.3, 0.4) is 0 Å². The smallest absolute Gasteiger partial charge is 0.320 e. The molecular weight excluding hydrogens is 268 g/mol. The van der Waals surface area contributed by atoms with Crippen LogP contribution in [0.2, 0.25) is 0 Å². The Bertz CT molecular complexity index is 286. The Morgan fingerprint density at radius 1 is 0.905 bits per heavy atom. The van der Waals surface area contributed by atoms with Crippen LogP contribution in [0, 0.1) is 11.8 Å². The fourth-order valence-corrected chi connectivity index (χ4v) is 2.76. The predicted octanol–water partition coefficient (Wildman–Crippen LogP) is 3.87. The Hall–Kier alpha value is -1.06. The van der Waals surface area contributed by atoms with Crippen LogP contribution in [0.25, 0.3) is 0 Å². The number of esters is 2. The van der Waals surface area contributed by atoms with Crippen LogP contribution in [0.4, 0.5) is 0 Å². The van der Waals surface area contributed by atoms with Crippen LogP contribution in [0.1, 0.15) is 71.6 Å². The second-order valence-corrected chi connectivity index (χ2v) is 5.92. The zero-order valence-electron chi connectivity index (χ0n) is 13.6. The van der Waals surface area contributed by atoms with Crippen molar-refractivity contribution in [2.24, 2.45) is 11.8 Å². The van der Waals surface area contributed by atoms with Crippen molar-refractivity contribution in [1.29, 1.82) is 0 Å². The van der Waals surface area contributed by atoms with Crippen molar-refractivity contribution in [2.75, 3.05) is 13.2 Å². The number of carbonyl (C=O) groups excluding carboxylic acids is 2. The highest BCUT2D eigenvalue weighted by Gasteiger charge is 2.37. The molecule has 0 amide bonds. The Morgan fingerprint density at radius 2 is 1.38 bits per heavy atom. The van der Waals surface area contributed by atoms with Crippen LogP contribution >= 0.6 is 0 Å². The van der Waals surface area contributed by atoms with E-state index in [0.717, 1.165) is 51.4 Å². The van der Waals surface area contributed by atoms with Crippen molar-refractivity contribution >= 4 is 11.9 Å². The van der Waals surface area contributed by atoms with Gasteiger partial charge in [0.25, 0.3) is 0 Å². The number of ether oxygens (including phenoxy) is 2. The first-order chi connectivity index (χ1) is 10.2. The van der Waals surface area contributed by atoms with E-state index >= 15 is 0 Å². The molecule has 0 saturated heterocycles. The zero-order chi connectivity index (χ0) is 15.5. The number of hydrogen-bond donors (Lipinski definition) is 0. The summed E-state index contributed by atoms with van der Waals surface area (Å²) in [5, 5.41) is 0. The number of carbonyl (C=O) groups is 2. The molecule has 122 valence electrons. The van der Waals surface area contributed by atoms with Crippen LogP contribution in [-0.2, 0) is 19.1 Å². The van der Waals surface area contributed by atoms with Crippen molar-refractivity contribution in [3.8, 4) is 0 Å². The third-order valence-corrected chi connectivity index (χ3v) is 4.11. The topological polar surface area (TPSA) is 52.6 Å². The molecule has 0 aromatic rings. The minimum absolute atomic E-state index is 0.0991. The van der Waals surface area contributed by atoms with Gasteiger partial charge in [0.2, 0.25) is 0 Å². The predicted molar refractivity (Wildman–Crippen MR) is 81.8 cm³/mol. The first-order valence-corrected chi connectivity index (χ1v) is 8.54. The second-order valence-electron chi connectivity index (χ2n) is 5.92. The molecule has 0 unspecified atom stereocenters. The molecule has 0 bridgehead atoms. The number of unbranched alkanes of at least 4 members (excludes halogenated alkanes) is 2. The van der Waals surface area contributed by atoms with Gasteiger partial charge in [-0.3, -0.25) is 9.59 Å². The van der Waals surface area contributed by atoms with Gasteiger partial charge in [-0.05, 0) is 31.6 Å². The summed E-state index contributed by atoms with van der Waals surface area (Å²) in [6, 6.07) is 0. The lowest BCUT2D eigenvalue weighted by Crippen LogP contribution is -2.35. The average Bonchev–Trinajstić information content (AvgIpc) is 2.49. The Morgan fingerprint density at radius 3 is 1.81 bits per heavy atom. The van der Waals surface area contributed by atoms with E-state index < -0.39 is 5.92 Å². The van der Waals surface area contributed by atoms with Gasteiger partial charge >= 0.3 is 11.9 Å². The molecule has 4 nitrogen and oxygen atoms in total. The van der Waals surface area contributed by atoms with E-state index in [9.17, 15) is 9.59 Å². The summed E-state index contributed by atoms with van der Waals surface area (Å²) in [4.78, 5) is 24.5. The molecule has 0 aliphatic heterocycles. The lowest BCUT2D eigenvalue weighted by atomic mass is 9.80. The van der Waals surface area contributed by atoms with Gasteiger partial charge in [-0.1, -0.05) is 46.0 Å². The summed E-state index contributed by atoms with van der Waals surface area (Å²) in [5.41, 5.74) is 0. The monoisotopic (exact) mass is 298 g/mol. The van der Waals surface area contributed by atoms with Crippen molar-refractivity contribution in [2.45, 2.75) is 71.6 Å². The van der Waals surface area contributed by atoms with Gasteiger partial charge in [0.15, 0.2) is 5.92 Å². The molecule has 1 saturated carbocycles. The van der Waals surface area contributed by atoms with Gasteiger partial charge in [0.05, 0.1) is 13.2 Å². The molecule has 1 rings (SSSR count). The number of rotatable bonds is 9. The summed E-state index contributed by atoms with van der Waals surface area (Å²) in [7, 11) is 0. The van der Waals surface area contributed by atoms with Crippen LogP contribution in [0.15, 0.2) is 0 Å². The van der Waals surface area contributed by atoms with Crippen LogP contribution in [0.5, 0.6) is 0 Å². The molecule has 0 heterocycles. The second kappa shape index (κ2) is 10.6. The molecule has 0 radical (unpaired) electrons. The summed E-state index contributed by atoms with van der Waals surface area (Å²) in [6.45, 7) is 4.90. The fraction of sp³-hybridized carbons (Fsp3) is 0.882. The maximum absolute atomic E-state index is 12.3. The van der Waals surface area contributed by atoms with Crippen LogP contribution in [-0.4, -0.2) is 25.2 Å². The molecule has 1 aliphatic carbocycles. The molecule has 0 aromatic carbocycles. The first kappa shape index (κ1) is 18.0. The lowest BCUT2D eigenvalue weighted by Gasteiger charge is -2.27. The van der Waals surface area contributed by atoms with E-state index in [-0.39, 0.29) is 17.9 Å². The standard InChI is InChI=1S/C17H30O4/c1-3-5-12-20-16(18)15(14-10-8-7-9-11-14)17(19)21-13-6-4-2/h14-15H,3-13H2,1-2H3. The van der Waals surface area contributed by atoms with Gasteiger partial charge in [0, 0.05) is 0 Å². The molecule has 4 heteroatoms. The third kappa shape index (κ3) is 6.49. The Balaban J connectivity index is 2.59. The highest BCUT2D eigenvalue weighted by molar-refractivity contribution is 5.95. The fourth-order valence-electron chi connectivity index (χ4n) is 2.76. The maximum Gasteiger partial charge on any atom is 0.320 e. The lowest BCUT2D eigenvalue weighted by molar-refractivity contribution is -0.165. The molecule has 0 spiro atoms. The average molecular weight is 298 g/mol. The molecule has 0 N–H and O–H groups in total. The van der Waals surface area contributed by atoms with E-state index in [1.165, 1.54) is 6.42 Å². The molecule has 21 heavy (non-hydrogen) atoms. The normalized spacial score (nSPS) is 16.0. The van der Waals surface area contributed by atoms with Gasteiger partial charge < -0.3 is 9.47 Å². The Labute approximate surface area is 128 Å². The molecular formula is C17H30O4. The SMILES string of the molecule is CCCCOC(=O)C(C(=O)OCCCC)C1CCCCC1. The largest absolute Gasteiger partial charge is 0.465 e. The van der Waals surface area contributed by atoms with Crippen molar-refractivity contribution in [3.63, 3.8) is 0 Å². The summed E-state index contributed by atoms with van der Waals surface area (Å²) in [6.07, 6.45) is 8.86. The number of hydrogen-bond acceptors (Lipinski definition) is 4. The van der Waals surface area contributed by atoms with Crippen molar-refractivity contribution in [1.82, 2.24) is 0 Å². The zero-order valence-corrected chi connectivity index (χ0v) is 13.6. The minimum Gasteiger partial charge on any atom is -0.465 e. The first-order valence-electron chi connectivity index (χ1n) is 8.54. The van der Waals surface area contributed by atoms with Gasteiger partial charge in [-0.2, -0.15) is 0 Å². The third-order valence-electron chi connectivity index (χ3n) is 4.11. The van der Waals surface area contributed by atoms with Crippen LogP contribution < -0.4 is 0 Å². The maximum atomic E-state index is 12.3. The summed E-state index contributed by atoms with van der Waals surface area (Å²) in [5.74, 6) is -1.37. The Kier molecular flexibility index (Phi) is 9.11. The highest BCUT2D eigenvalue weighted by atomic mass is 16.6. The molecule has 1 fully saturated rings. The van der Waals surface area contributed by atoms with E-state index in [1.54, 1.807) is 0 Å². The van der Waals surface area contributed by atoms with Gasteiger partial charge in [-0.15, -0.1) is 0 Å². The summed E-state index contributed by atoms with van der Waals surface area (Å²) >= 11 is 0. The van der Waals surface area contributed by atoms with E-state index in [1.807, 2.05) is 13.8 Å². The van der Waals surface area contributed by atoms with E-state index in [2.05, 4.69) is 0 Å². The molecule has 1 aliphatic rings. The van der Waals surface area contributed by atoms with Gasteiger partial charge in [-0.25, -0.2) is 0 Å². The van der Waals surface area contributed by atoms with E-state index in [0.29, 0.717) is 13.2 Å². The van der Waals surface area contributed by atoms with Gasteiger partial charge in [0.1, 0.15) is 0 Å². The van der Waals surface area contributed by atoms with E-state index in [4.69, 9.17) is 9.47 Å².